The highest BCUT2D eigenvalue weighted by Crippen LogP contribution is 2.13. The second-order valence-electron chi connectivity index (χ2n) is 5.11. The van der Waals surface area contributed by atoms with Gasteiger partial charge in [0.1, 0.15) is 18.5 Å². The molecule has 6 nitrogen and oxygen atoms in total. The van der Waals surface area contributed by atoms with Gasteiger partial charge in [-0.15, -0.1) is 0 Å². The van der Waals surface area contributed by atoms with Gasteiger partial charge >= 0.3 is 0 Å². The lowest BCUT2D eigenvalue weighted by Crippen LogP contribution is -2.38. The number of ether oxygens (including phenoxy) is 1. The molecule has 114 valence electrons. The molecule has 2 unspecified atom stereocenters. The fourth-order valence-corrected chi connectivity index (χ4v) is 3.84. The van der Waals surface area contributed by atoms with Crippen LogP contribution in [0, 0.1) is 11.3 Å². The van der Waals surface area contributed by atoms with Crippen molar-refractivity contribution in [1.82, 2.24) is 5.32 Å². The van der Waals surface area contributed by atoms with Gasteiger partial charge in [-0.2, -0.15) is 5.26 Å². The molecule has 0 aromatic heterocycles. The molecule has 2 atom stereocenters. The van der Waals surface area contributed by atoms with Gasteiger partial charge in [0.05, 0.1) is 23.1 Å². The summed E-state index contributed by atoms with van der Waals surface area (Å²) < 4.78 is 28.0. The van der Waals surface area contributed by atoms with Gasteiger partial charge in [0.25, 0.3) is 0 Å². The van der Waals surface area contributed by atoms with E-state index in [0.29, 0.717) is 17.7 Å². The van der Waals surface area contributed by atoms with Crippen LogP contribution in [0.25, 0.3) is 0 Å². The summed E-state index contributed by atoms with van der Waals surface area (Å²) in [7, 11) is -2.91. The maximum atomic E-state index is 11.3. The van der Waals surface area contributed by atoms with Crippen molar-refractivity contribution < 1.29 is 18.3 Å². The molecular formula is C14H18N2O4S. The average molecular weight is 310 g/mol. The van der Waals surface area contributed by atoms with Crippen LogP contribution in [-0.4, -0.2) is 50.3 Å². The molecule has 1 aliphatic heterocycles. The number of nitrogens with one attached hydrogen (secondary N) is 1. The quantitative estimate of drug-likeness (QED) is 0.771. The van der Waals surface area contributed by atoms with E-state index in [4.69, 9.17) is 10.00 Å². The first kappa shape index (κ1) is 15.8. The highest BCUT2D eigenvalue weighted by atomic mass is 32.2. The third-order valence-electron chi connectivity index (χ3n) is 3.30. The van der Waals surface area contributed by atoms with Crippen LogP contribution in [0.5, 0.6) is 5.75 Å². The van der Waals surface area contributed by atoms with Crippen LogP contribution in [0.3, 0.4) is 0 Å². The number of nitrogens with zero attached hydrogens (tertiary/aromatic N) is 1. The van der Waals surface area contributed by atoms with Gasteiger partial charge < -0.3 is 15.2 Å². The smallest absolute Gasteiger partial charge is 0.151 e. The molecule has 2 N–H and O–H groups in total. The first-order valence-electron chi connectivity index (χ1n) is 6.73. The molecule has 2 rings (SSSR count). The Bertz CT molecular complexity index is 607. The third kappa shape index (κ3) is 5.01. The lowest BCUT2D eigenvalue weighted by molar-refractivity contribution is 0.104. The minimum atomic E-state index is -2.91. The maximum absolute atomic E-state index is 11.3. The summed E-state index contributed by atoms with van der Waals surface area (Å²) in [6.45, 7) is 0.398. The Morgan fingerprint density at radius 1 is 1.43 bits per heavy atom. The monoisotopic (exact) mass is 310 g/mol. The summed E-state index contributed by atoms with van der Waals surface area (Å²) in [4.78, 5) is 0. The van der Waals surface area contributed by atoms with E-state index in [-0.39, 0.29) is 30.7 Å². The normalized spacial score (nSPS) is 21.6. The Hall–Kier alpha value is -1.62. The number of benzene rings is 1. The summed E-state index contributed by atoms with van der Waals surface area (Å²) in [5.41, 5.74) is 0.548. The van der Waals surface area contributed by atoms with Crippen molar-refractivity contribution >= 4 is 9.84 Å². The standard InChI is InChI=1S/C14H18N2O4S/c15-7-11-1-3-14(4-2-11)20-9-13(17)8-16-12-5-6-21(18,19)10-12/h1-4,12-13,16-17H,5-6,8-10H2. The van der Waals surface area contributed by atoms with E-state index in [9.17, 15) is 13.5 Å². The second-order valence-corrected chi connectivity index (χ2v) is 7.34. The van der Waals surface area contributed by atoms with Gasteiger partial charge in [0, 0.05) is 12.6 Å². The average Bonchev–Trinajstić information content (AvgIpc) is 2.83. The van der Waals surface area contributed by atoms with Gasteiger partial charge in [-0.3, -0.25) is 0 Å². The van der Waals surface area contributed by atoms with Crippen LogP contribution >= 0.6 is 0 Å². The molecular weight excluding hydrogens is 292 g/mol. The van der Waals surface area contributed by atoms with Crippen LogP contribution < -0.4 is 10.1 Å². The fourth-order valence-electron chi connectivity index (χ4n) is 2.14. The van der Waals surface area contributed by atoms with Crippen molar-refractivity contribution in [3.8, 4) is 11.8 Å². The van der Waals surface area contributed by atoms with Crippen molar-refractivity contribution in [2.45, 2.75) is 18.6 Å². The molecule has 1 heterocycles. The zero-order valence-corrected chi connectivity index (χ0v) is 12.3. The van der Waals surface area contributed by atoms with E-state index < -0.39 is 15.9 Å². The van der Waals surface area contributed by atoms with E-state index in [1.54, 1.807) is 24.3 Å². The lowest BCUT2D eigenvalue weighted by atomic mass is 10.2. The zero-order chi connectivity index (χ0) is 15.3. The van der Waals surface area contributed by atoms with Crippen molar-refractivity contribution in [3.63, 3.8) is 0 Å². The van der Waals surface area contributed by atoms with E-state index >= 15 is 0 Å². The number of aliphatic hydroxyl groups is 1. The SMILES string of the molecule is N#Cc1ccc(OCC(O)CNC2CCS(=O)(=O)C2)cc1. The van der Waals surface area contributed by atoms with E-state index in [0.717, 1.165) is 0 Å². The number of aliphatic hydroxyl groups excluding tert-OH is 1. The molecule has 0 spiro atoms. The molecule has 1 saturated heterocycles. The highest BCUT2D eigenvalue weighted by molar-refractivity contribution is 7.91. The van der Waals surface area contributed by atoms with Gasteiger partial charge in [-0.05, 0) is 30.7 Å². The van der Waals surface area contributed by atoms with Crippen LogP contribution in [0.15, 0.2) is 24.3 Å². The molecule has 21 heavy (non-hydrogen) atoms. The van der Waals surface area contributed by atoms with Gasteiger partial charge in [0.2, 0.25) is 0 Å². The Kier molecular flexibility index (Phi) is 5.17. The van der Waals surface area contributed by atoms with Crippen LogP contribution in [0.4, 0.5) is 0 Å². The molecule has 1 aromatic carbocycles. The summed E-state index contributed by atoms with van der Waals surface area (Å²) in [5.74, 6) is 0.926. The predicted molar refractivity (Wildman–Crippen MR) is 77.7 cm³/mol. The maximum Gasteiger partial charge on any atom is 0.151 e. The molecule has 7 heteroatoms. The van der Waals surface area contributed by atoms with Crippen molar-refractivity contribution in [2.24, 2.45) is 0 Å². The zero-order valence-electron chi connectivity index (χ0n) is 11.5. The minimum absolute atomic E-state index is 0.0837. The molecule has 0 aliphatic carbocycles. The number of hydrogen-bond donors (Lipinski definition) is 2. The Morgan fingerprint density at radius 2 is 2.14 bits per heavy atom. The van der Waals surface area contributed by atoms with E-state index in [1.807, 2.05) is 6.07 Å². The second kappa shape index (κ2) is 6.89. The number of hydrogen-bond acceptors (Lipinski definition) is 6. The van der Waals surface area contributed by atoms with Crippen LogP contribution in [0.2, 0.25) is 0 Å². The van der Waals surface area contributed by atoms with Crippen LogP contribution in [-0.2, 0) is 9.84 Å². The number of nitriles is 1. The molecule has 0 saturated carbocycles. The highest BCUT2D eigenvalue weighted by Gasteiger charge is 2.27. The van der Waals surface area contributed by atoms with Gasteiger partial charge in [-0.25, -0.2) is 8.42 Å². The molecule has 1 fully saturated rings. The lowest BCUT2D eigenvalue weighted by Gasteiger charge is -2.16. The van der Waals surface area contributed by atoms with Gasteiger partial charge in [-0.1, -0.05) is 0 Å². The fraction of sp³-hybridized carbons (Fsp3) is 0.500. The summed E-state index contributed by atoms with van der Waals surface area (Å²) in [5, 5.41) is 21.5. The molecule has 0 radical (unpaired) electrons. The van der Waals surface area contributed by atoms with E-state index in [1.165, 1.54) is 0 Å². The van der Waals surface area contributed by atoms with Gasteiger partial charge in [0.15, 0.2) is 9.84 Å². The third-order valence-corrected chi connectivity index (χ3v) is 5.07. The topological polar surface area (TPSA) is 99.4 Å². The van der Waals surface area contributed by atoms with E-state index in [2.05, 4.69) is 5.32 Å². The molecule has 1 aromatic rings. The predicted octanol–water partition coefficient (Wildman–Crippen LogP) is 0.0747. The summed E-state index contributed by atoms with van der Waals surface area (Å²) >= 11 is 0. The largest absolute Gasteiger partial charge is 0.491 e. The van der Waals surface area contributed by atoms with Crippen molar-refractivity contribution in [2.75, 3.05) is 24.7 Å². The van der Waals surface area contributed by atoms with Crippen molar-refractivity contribution in [1.29, 1.82) is 5.26 Å². The molecule has 0 amide bonds. The van der Waals surface area contributed by atoms with Crippen molar-refractivity contribution in [3.05, 3.63) is 29.8 Å². The number of rotatable bonds is 6. The number of sulfone groups is 1. The molecule has 1 aliphatic rings. The Morgan fingerprint density at radius 3 is 2.71 bits per heavy atom. The summed E-state index contributed by atoms with van der Waals surface area (Å²) in [6, 6.07) is 8.55. The Balaban J connectivity index is 1.70. The first-order chi connectivity index (χ1) is 9.98. The summed E-state index contributed by atoms with van der Waals surface area (Å²) in [6.07, 6.45) is -0.130. The van der Waals surface area contributed by atoms with Crippen LogP contribution in [0.1, 0.15) is 12.0 Å². The molecule has 0 bridgehead atoms. The first-order valence-corrected chi connectivity index (χ1v) is 8.55. The Labute approximate surface area is 124 Å². The minimum Gasteiger partial charge on any atom is -0.491 e.